The zero-order valence-electron chi connectivity index (χ0n) is 9.86. The summed E-state index contributed by atoms with van der Waals surface area (Å²) in [5.74, 6) is 0. The van der Waals surface area contributed by atoms with Gasteiger partial charge in [-0.2, -0.15) is 5.26 Å². The summed E-state index contributed by atoms with van der Waals surface area (Å²) in [5, 5.41) is 7.75. The molecule has 0 fully saturated rings. The predicted molar refractivity (Wildman–Crippen MR) is 68.2 cm³/mol. The summed E-state index contributed by atoms with van der Waals surface area (Å²) in [7, 11) is -6.36. The van der Waals surface area contributed by atoms with Crippen LogP contribution in [0.25, 0.3) is 0 Å². The Kier molecular flexibility index (Phi) is 3.98. The number of sulfonamides is 1. The highest BCUT2D eigenvalue weighted by atomic mass is 32.3. The van der Waals surface area contributed by atoms with Crippen LogP contribution in [0.1, 0.15) is 5.56 Å². The average Bonchev–Trinajstić information content (AvgIpc) is 2.25. The summed E-state index contributed by atoms with van der Waals surface area (Å²) in [6.45, 7) is 0. The van der Waals surface area contributed by atoms with Crippen molar-refractivity contribution in [3.05, 3.63) is 29.8 Å². The first-order valence-corrected chi connectivity index (χ1v) is 8.47. The molecule has 98 valence electrons. The lowest BCUT2D eigenvalue weighted by molar-refractivity contribution is 0.590. The second kappa shape index (κ2) is 4.96. The molecule has 0 atom stereocenters. The van der Waals surface area contributed by atoms with E-state index < -0.39 is 24.9 Å². The Balaban J connectivity index is 3.14. The van der Waals surface area contributed by atoms with E-state index in [9.17, 15) is 16.8 Å². The fourth-order valence-corrected chi connectivity index (χ4v) is 4.51. The van der Waals surface area contributed by atoms with Crippen molar-refractivity contribution in [2.45, 2.75) is 0 Å². The number of nitriles is 1. The minimum atomic E-state index is -3.96. The van der Waals surface area contributed by atoms with Crippen molar-refractivity contribution in [2.24, 2.45) is 0 Å². The molecule has 1 rings (SSSR count). The Labute approximate surface area is 106 Å². The fraction of sp³-hybridized carbons (Fsp3) is 0.300. The van der Waals surface area contributed by atoms with Crippen molar-refractivity contribution in [1.29, 1.82) is 5.26 Å². The summed E-state index contributed by atoms with van der Waals surface area (Å²) in [6.07, 6.45) is 0.851. The van der Waals surface area contributed by atoms with Gasteiger partial charge in [-0.25, -0.2) is 16.8 Å². The van der Waals surface area contributed by atoms with Crippen molar-refractivity contribution in [3.8, 4) is 6.07 Å². The summed E-state index contributed by atoms with van der Waals surface area (Å²) in [5.41, 5.74) is 0.548. The number of hydrogen-bond acceptors (Lipinski definition) is 5. The Hall–Kier alpha value is -1.59. The van der Waals surface area contributed by atoms with Crippen LogP contribution in [0.2, 0.25) is 0 Å². The molecule has 0 aromatic heterocycles. The molecule has 6 nitrogen and oxygen atoms in total. The van der Waals surface area contributed by atoms with E-state index in [1.54, 1.807) is 0 Å². The van der Waals surface area contributed by atoms with E-state index in [-0.39, 0.29) is 5.69 Å². The molecular weight excluding hydrogens is 276 g/mol. The van der Waals surface area contributed by atoms with Crippen LogP contribution in [0.5, 0.6) is 0 Å². The first-order chi connectivity index (χ1) is 8.15. The van der Waals surface area contributed by atoms with Crippen LogP contribution in [0.3, 0.4) is 0 Å². The maximum Gasteiger partial charge on any atom is 0.249 e. The third kappa shape index (κ3) is 3.72. The summed E-state index contributed by atoms with van der Waals surface area (Å²) < 4.78 is 46.6. The van der Waals surface area contributed by atoms with Gasteiger partial charge >= 0.3 is 0 Å². The topological polar surface area (TPSA) is 95.3 Å². The molecule has 0 bridgehead atoms. The van der Waals surface area contributed by atoms with Crippen LogP contribution in [-0.4, -0.2) is 35.2 Å². The molecule has 0 amide bonds. The van der Waals surface area contributed by atoms with Gasteiger partial charge in [0.1, 0.15) is 0 Å². The van der Waals surface area contributed by atoms with Gasteiger partial charge in [0, 0.05) is 13.3 Å². The van der Waals surface area contributed by atoms with E-state index >= 15 is 0 Å². The number of rotatable bonds is 4. The van der Waals surface area contributed by atoms with Gasteiger partial charge in [-0.05, 0) is 18.2 Å². The van der Waals surface area contributed by atoms with Gasteiger partial charge in [0.15, 0.2) is 14.9 Å². The van der Waals surface area contributed by atoms with Gasteiger partial charge in [-0.1, -0.05) is 6.07 Å². The van der Waals surface area contributed by atoms with Gasteiger partial charge in [0.05, 0.1) is 17.3 Å². The van der Waals surface area contributed by atoms with Gasteiger partial charge in [-0.3, -0.25) is 4.31 Å². The number of anilines is 1. The minimum absolute atomic E-state index is 0.248. The highest BCUT2D eigenvalue weighted by Crippen LogP contribution is 2.18. The van der Waals surface area contributed by atoms with E-state index in [2.05, 4.69) is 0 Å². The molecule has 0 N–H and O–H groups in total. The SMILES string of the molecule is CN(c1cccc(C#N)c1)S(=O)(=O)CS(C)(=O)=O. The van der Waals surface area contributed by atoms with Gasteiger partial charge in [-0.15, -0.1) is 0 Å². The zero-order chi connectivity index (χ0) is 14.0. The summed E-state index contributed by atoms with van der Waals surface area (Å²) in [4.78, 5) is 0. The van der Waals surface area contributed by atoms with E-state index in [1.807, 2.05) is 6.07 Å². The third-order valence-corrected chi connectivity index (χ3v) is 6.07. The standard InChI is InChI=1S/C10H12N2O4S2/c1-12(18(15,16)8-17(2,13)14)10-5-3-4-9(6-10)7-11/h3-6H,8H2,1-2H3. The van der Waals surface area contributed by atoms with Crippen LogP contribution in [0.15, 0.2) is 24.3 Å². The molecule has 0 heterocycles. The van der Waals surface area contributed by atoms with Crippen molar-refractivity contribution >= 4 is 25.5 Å². The molecule has 8 heteroatoms. The van der Waals surface area contributed by atoms with Gasteiger partial charge < -0.3 is 0 Å². The Morgan fingerprint density at radius 2 is 1.89 bits per heavy atom. The molecule has 1 aromatic rings. The fourth-order valence-electron chi connectivity index (χ4n) is 1.28. The second-order valence-electron chi connectivity index (χ2n) is 3.79. The quantitative estimate of drug-likeness (QED) is 0.795. The highest BCUT2D eigenvalue weighted by molar-refractivity contribution is 8.08. The first kappa shape index (κ1) is 14.5. The summed E-state index contributed by atoms with van der Waals surface area (Å²) in [6, 6.07) is 7.80. The average molecular weight is 288 g/mol. The smallest absolute Gasteiger partial charge is 0.249 e. The number of hydrogen-bond donors (Lipinski definition) is 0. The maximum atomic E-state index is 11.8. The van der Waals surface area contributed by atoms with Crippen LogP contribution in [0.4, 0.5) is 5.69 Å². The van der Waals surface area contributed by atoms with Gasteiger partial charge in [0.25, 0.3) is 0 Å². The molecule has 18 heavy (non-hydrogen) atoms. The van der Waals surface area contributed by atoms with E-state index in [4.69, 9.17) is 5.26 Å². The monoisotopic (exact) mass is 288 g/mol. The molecule has 0 aliphatic rings. The lowest BCUT2D eigenvalue weighted by Crippen LogP contribution is -2.31. The number of benzene rings is 1. The van der Waals surface area contributed by atoms with Crippen LogP contribution in [-0.2, 0) is 19.9 Å². The molecule has 0 aliphatic carbocycles. The van der Waals surface area contributed by atoms with Gasteiger partial charge in [0.2, 0.25) is 10.0 Å². The molecule has 0 aliphatic heterocycles. The van der Waals surface area contributed by atoms with E-state index in [0.717, 1.165) is 10.6 Å². The van der Waals surface area contributed by atoms with Crippen LogP contribution >= 0.6 is 0 Å². The van der Waals surface area contributed by atoms with Crippen molar-refractivity contribution < 1.29 is 16.8 Å². The first-order valence-electron chi connectivity index (χ1n) is 4.80. The normalized spacial score (nSPS) is 11.8. The molecule has 0 saturated carbocycles. The molecule has 0 unspecified atom stereocenters. The minimum Gasteiger partial charge on any atom is -0.272 e. The van der Waals surface area contributed by atoms with Crippen molar-refractivity contribution in [3.63, 3.8) is 0 Å². The lowest BCUT2D eigenvalue weighted by atomic mass is 10.2. The van der Waals surface area contributed by atoms with Crippen LogP contribution in [0, 0.1) is 11.3 Å². The zero-order valence-corrected chi connectivity index (χ0v) is 11.5. The van der Waals surface area contributed by atoms with Crippen molar-refractivity contribution in [2.75, 3.05) is 22.7 Å². The number of sulfone groups is 1. The molecule has 0 saturated heterocycles. The highest BCUT2D eigenvalue weighted by Gasteiger charge is 2.23. The Morgan fingerprint density at radius 3 is 2.39 bits per heavy atom. The molecule has 0 radical (unpaired) electrons. The number of nitrogens with zero attached hydrogens (tertiary/aromatic N) is 2. The largest absolute Gasteiger partial charge is 0.272 e. The Morgan fingerprint density at radius 1 is 1.28 bits per heavy atom. The second-order valence-corrected chi connectivity index (χ2v) is 8.29. The lowest BCUT2D eigenvalue weighted by Gasteiger charge is -2.18. The van der Waals surface area contributed by atoms with Crippen molar-refractivity contribution in [1.82, 2.24) is 0 Å². The summed E-state index contributed by atoms with van der Waals surface area (Å²) >= 11 is 0. The molecule has 0 spiro atoms. The van der Waals surface area contributed by atoms with Crippen LogP contribution < -0.4 is 4.31 Å². The predicted octanol–water partition coefficient (Wildman–Crippen LogP) is 0.326. The maximum absolute atomic E-state index is 11.8. The Bertz CT molecular complexity index is 687. The van der Waals surface area contributed by atoms with E-state index in [0.29, 0.717) is 5.56 Å². The third-order valence-electron chi connectivity index (χ3n) is 2.12. The van der Waals surface area contributed by atoms with E-state index in [1.165, 1.54) is 31.3 Å². The molecular formula is C10H12N2O4S2. The molecule has 1 aromatic carbocycles.